The van der Waals surface area contributed by atoms with Crippen LogP contribution in [0.4, 0.5) is 0 Å². The molecule has 14 nitrogen and oxygen atoms in total. The Morgan fingerprint density at radius 1 is 0.651 bits per heavy atom. The maximum absolute atomic E-state index is 11.9. The number of methoxy groups -OCH3 is 2. The summed E-state index contributed by atoms with van der Waals surface area (Å²) in [5, 5.41) is 28.4. The average Bonchev–Trinajstić information content (AvgIpc) is 3.97. The van der Waals surface area contributed by atoms with Gasteiger partial charge in [0.1, 0.15) is 0 Å². The molecule has 0 bridgehead atoms. The van der Waals surface area contributed by atoms with Gasteiger partial charge in [-0.2, -0.15) is 10.2 Å². The first-order chi connectivity index (χ1) is 30.5. The number of hydrogen-bond acceptors (Lipinski definition) is 10. The van der Waals surface area contributed by atoms with E-state index in [2.05, 4.69) is 29.2 Å². The monoisotopic (exact) mass is 907 g/mol. The minimum Gasteiger partial charge on any atom is -0.380 e. The summed E-state index contributed by atoms with van der Waals surface area (Å²) in [6, 6.07) is 29.3. The van der Waals surface area contributed by atoms with Gasteiger partial charge in [-0.1, -0.05) is 84.2 Å². The molecule has 4 N–H and O–H groups in total. The van der Waals surface area contributed by atoms with E-state index < -0.39 is 24.0 Å². The summed E-state index contributed by atoms with van der Waals surface area (Å²) in [5.74, 6) is -1.22. The number of hydroxylamine groups is 2. The van der Waals surface area contributed by atoms with Crippen LogP contribution in [0, 0.1) is 0 Å². The molecule has 2 heterocycles. The van der Waals surface area contributed by atoms with E-state index in [1.807, 2.05) is 100 Å². The van der Waals surface area contributed by atoms with Gasteiger partial charge in [-0.25, -0.2) is 11.0 Å². The molecule has 2 amide bonds. The van der Waals surface area contributed by atoms with E-state index in [9.17, 15) is 9.59 Å². The highest BCUT2D eigenvalue weighted by Crippen LogP contribution is 2.31. The summed E-state index contributed by atoms with van der Waals surface area (Å²) in [6.07, 6.45) is 8.18. The molecule has 0 saturated carbocycles. The Kier molecular flexibility index (Phi) is 22.8. The number of halogens is 2. The van der Waals surface area contributed by atoms with Crippen molar-refractivity contribution in [2.45, 2.75) is 95.1 Å². The molecule has 16 heteroatoms. The second kappa shape index (κ2) is 28.2. The number of aryl methyl sites for hydroxylation is 2. The Morgan fingerprint density at radius 2 is 1.13 bits per heavy atom. The zero-order chi connectivity index (χ0) is 45.4. The van der Waals surface area contributed by atoms with Crippen molar-refractivity contribution in [2.75, 3.05) is 41.5 Å². The fourth-order valence-corrected chi connectivity index (χ4v) is 7.73. The molecule has 3 aromatic carbocycles. The van der Waals surface area contributed by atoms with Crippen molar-refractivity contribution in [2.24, 2.45) is 0 Å². The maximum Gasteiger partial charge on any atom is 0.245 e. The van der Waals surface area contributed by atoms with Crippen LogP contribution in [0.3, 0.4) is 0 Å². The zero-order valence-electron chi connectivity index (χ0n) is 36.7. The second-order valence-corrected chi connectivity index (χ2v) is 16.5. The van der Waals surface area contributed by atoms with E-state index >= 15 is 0 Å². The highest BCUT2D eigenvalue weighted by Gasteiger charge is 2.30. The molecule has 63 heavy (non-hydrogen) atoms. The van der Waals surface area contributed by atoms with Gasteiger partial charge >= 0.3 is 0 Å². The molecule has 0 fully saturated rings. The number of ether oxygens (including phenoxy) is 3. The first-order valence-corrected chi connectivity index (χ1v) is 22.0. The van der Waals surface area contributed by atoms with Gasteiger partial charge in [-0.3, -0.25) is 29.4 Å². The number of carbonyl (C=O) groups is 2. The number of carbonyl (C=O) groups excluding carboxylic acids is 2. The van der Waals surface area contributed by atoms with Crippen LogP contribution in [-0.2, 0) is 56.3 Å². The van der Waals surface area contributed by atoms with Crippen LogP contribution < -0.4 is 11.0 Å². The van der Waals surface area contributed by atoms with Crippen molar-refractivity contribution in [1.29, 1.82) is 0 Å². The molecule has 5 rings (SSSR count). The average molecular weight is 909 g/mol. The van der Waals surface area contributed by atoms with Gasteiger partial charge in [0.25, 0.3) is 0 Å². The number of unbranched alkanes of at least 4 members (excludes halogenated alkanes) is 2. The highest BCUT2D eigenvalue weighted by atomic mass is 35.5. The third-order valence-corrected chi connectivity index (χ3v) is 11.3. The van der Waals surface area contributed by atoms with Crippen LogP contribution in [-0.4, -0.2) is 100 Å². The number of nitrogens with zero attached hydrogens (tertiary/aromatic N) is 5. The van der Waals surface area contributed by atoms with Gasteiger partial charge in [0.05, 0.1) is 31.7 Å². The normalized spacial score (nSPS) is 13.2. The number of nitrogens with one attached hydrogen (secondary N) is 2. The molecule has 0 unspecified atom stereocenters. The largest absolute Gasteiger partial charge is 0.380 e. The molecule has 0 radical (unpaired) electrons. The zero-order valence-corrected chi connectivity index (χ0v) is 38.3. The van der Waals surface area contributed by atoms with Crippen molar-refractivity contribution in [3.63, 3.8) is 0 Å². The van der Waals surface area contributed by atoms with Gasteiger partial charge in [-0.05, 0) is 106 Å². The van der Waals surface area contributed by atoms with Gasteiger partial charge in [-0.15, -0.1) is 0 Å². The van der Waals surface area contributed by atoms with Crippen LogP contribution in [0.5, 0.6) is 0 Å². The quantitative estimate of drug-likeness (QED) is 0.0244. The molecule has 0 aliphatic rings. The van der Waals surface area contributed by atoms with E-state index in [-0.39, 0.29) is 24.7 Å². The number of hydrogen-bond donors (Lipinski definition) is 4. The van der Waals surface area contributed by atoms with Crippen molar-refractivity contribution in [3.8, 4) is 0 Å². The van der Waals surface area contributed by atoms with Gasteiger partial charge in [0, 0.05) is 79.6 Å². The van der Waals surface area contributed by atoms with Gasteiger partial charge < -0.3 is 19.1 Å². The molecule has 2 aromatic heterocycles. The summed E-state index contributed by atoms with van der Waals surface area (Å²) in [6.45, 7) is 3.75. The lowest BCUT2D eigenvalue weighted by atomic mass is 9.89. The smallest absolute Gasteiger partial charge is 0.245 e. The molecule has 0 aliphatic carbocycles. The summed E-state index contributed by atoms with van der Waals surface area (Å²) in [7, 11) is 7.33. The van der Waals surface area contributed by atoms with Crippen LogP contribution in [0.1, 0.15) is 78.4 Å². The lowest BCUT2D eigenvalue weighted by molar-refractivity contribution is -0.132. The fraction of sp³-hybridized carbons (Fsp3) is 0.447. The molecule has 0 saturated heterocycles. The van der Waals surface area contributed by atoms with Crippen molar-refractivity contribution >= 4 is 35.0 Å². The highest BCUT2D eigenvalue weighted by molar-refractivity contribution is 6.30. The minimum absolute atomic E-state index is 0.0244. The predicted molar refractivity (Wildman–Crippen MR) is 244 cm³/mol. The van der Waals surface area contributed by atoms with Crippen LogP contribution >= 0.6 is 23.2 Å². The first-order valence-electron chi connectivity index (χ1n) is 21.2. The molecule has 4 atom stereocenters. The summed E-state index contributed by atoms with van der Waals surface area (Å²) in [4.78, 5) is 25.9. The fourth-order valence-electron chi connectivity index (χ4n) is 7.47. The molecule has 5 aromatic rings. The van der Waals surface area contributed by atoms with E-state index in [0.29, 0.717) is 42.6 Å². The Morgan fingerprint density at radius 3 is 1.57 bits per heavy atom. The summed E-state index contributed by atoms with van der Waals surface area (Å²) < 4.78 is 21.1. The standard InChI is InChI=1S/C25H30ClN3O4.C22H33ClN4O3/c1-32-24(17-25(30)28-31)22(16-19-8-10-21(26)11-9-19)23-12-13-27-29(23)14-5-15-33-18-20-6-3-2-4-7-20;1-26(2)13-5-4-6-14-27-20(11-12-24-27)19(21(30-3)16-22(28)25-29)15-17-7-9-18(23)10-8-17/h2-4,6-13,22,24,31H,5,14-18H2,1H3,(H,28,30);7-12,19,21,29H,4-6,13-16H2,1-3H3,(H,25,28)/t22-,24-;19-,21-/m11/s1. The Labute approximate surface area is 381 Å². The predicted octanol–water partition coefficient (Wildman–Crippen LogP) is 7.89. The number of aromatic nitrogens is 4. The van der Waals surface area contributed by atoms with Crippen molar-refractivity contribution in [3.05, 3.63) is 142 Å². The number of rotatable bonds is 26. The SMILES string of the molecule is CO[C@H](CC(=O)NO)[C@H](Cc1ccc(Cl)cc1)c1ccnn1CCCCCN(C)C.CO[C@H](CC(=O)NO)[C@H](Cc1ccc(Cl)cc1)c1ccnn1CCCOCc1ccccc1. The molecular weight excluding hydrogens is 845 g/mol. The molecule has 0 spiro atoms. The number of benzene rings is 3. The lowest BCUT2D eigenvalue weighted by Crippen LogP contribution is -2.32. The Bertz CT molecular complexity index is 2030. The third-order valence-electron chi connectivity index (χ3n) is 10.8. The van der Waals surface area contributed by atoms with E-state index in [0.717, 1.165) is 66.9 Å². The van der Waals surface area contributed by atoms with Gasteiger partial charge in [0.2, 0.25) is 11.8 Å². The van der Waals surface area contributed by atoms with Crippen LogP contribution in [0.15, 0.2) is 103 Å². The summed E-state index contributed by atoms with van der Waals surface area (Å²) in [5.41, 5.74) is 8.70. The van der Waals surface area contributed by atoms with Crippen LogP contribution in [0.2, 0.25) is 10.0 Å². The Hall–Kier alpha value is -4.64. The number of amides is 2. The molecular formula is C47H63Cl2N7O7. The van der Waals surface area contributed by atoms with E-state index in [1.54, 1.807) is 37.6 Å². The third kappa shape index (κ3) is 17.8. The second-order valence-electron chi connectivity index (χ2n) is 15.6. The Balaban J connectivity index is 0.000000278. The lowest BCUT2D eigenvalue weighted by Gasteiger charge is -2.26. The molecule has 342 valence electrons. The van der Waals surface area contributed by atoms with Gasteiger partial charge in [0.15, 0.2) is 0 Å². The topological polar surface area (TPSA) is 165 Å². The van der Waals surface area contributed by atoms with Crippen molar-refractivity contribution in [1.82, 2.24) is 35.4 Å². The first kappa shape index (κ1) is 51.0. The minimum atomic E-state index is -0.497. The maximum atomic E-state index is 11.9. The van der Waals surface area contributed by atoms with E-state index in [4.69, 9.17) is 47.8 Å². The van der Waals surface area contributed by atoms with Crippen molar-refractivity contribution < 1.29 is 34.2 Å². The van der Waals surface area contributed by atoms with Crippen LogP contribution in [0.25, 0.3) is 0 Å². The molecule has 0 aliphatic heterocycles. The summed E-state index contributed by atoms with van der Waals surface area (Å²) >= 11 is 12.1. The van der Waals surface area contributed by atoms with E-state index in [1.165, 1.54) is 0 Å².